The van der Waals surface area contributed by atoms with Crippen LogP contribution in [0.4, 0.5) is 0 Å². The number of nitrogens with one attached hydrogen (secondary N) is 2. The van der Waals surface area contributed by atoms with E-state index in [4.69, 9.17) is 9.47 Å². The van der Waals surface area contributed by atoms with E-state index >= 15 is 0 Å². The number of morpholine rings is 1. The molecular weight excluding hydrogens is 262 g/mol. The summed E-state index contributed by atoms with van der Waals surface area (Å²) in [6, 6.07) is -0.328. The van der Waals surface area contributed by atoms with Crippen molar-refractivity contribution in [2.75, 3.05) is 59.7 Å². The van der Waals surface area contributed by atoms with Crippen LogP contribution in [0, 0.1) is 0 Å². The number of nitrogens with zero attached hydrogens (tertiary/aromatic N) is 1. The number of methoxy groups -OCH3 is 1. The van der Waals surface area contributed by atoms with Gasteiger partial charge in [-0.05, 0) is 6.92 Å². The molecule has 7 nitrogen and oxygen atoms in total. The number of rotatable bonds is 9. The third-order valence-electron chi connectivity index (χ3n) is 3.23. The topological polar surface area (TPSA) is 83.1 Å². The molecule has 3 N–H and O–H groups in total. The lowest BCUT2D eigenvalue weighted by Crippen LogP contribution is -2.48. The highest BCUT2D eigenvalue weighted by Crippen LogP contribution is 1.98. The van der Waals surface area contributed by atoms with Gasteiger partial charge in [-0.3, -0.25) is 9.69 Å². The van der Waals surface area contributed by atoms with Crippen molar-refractivity contribution in [1.82, 2.24) is 15.5 Å². The molecule has 1 heterocycles. The van der Waals surface area contributed by atoms with Crippen LogP contribution in [-0.4, -0.2) is 87.7 Å². The molecule has 1 rings (SSSR count). The molecule has 1 saturated heterocycles. The van der Waals surface area contributed by atoms with E-state index in [0.717, 1.165) is 26.3 Å². The van der Waals surface area contributed by atoms with Crippen LogP contribution in [0.1, 0.15) is 6.92 Å². The van der Waals surface area contributed by atoms with E-state index in [1.54, 1.807) is 14.0 Å². The molecule has 2 unspecified atom stereocenters. The van der Waals surface area contributed by atoms with Gasteiger partial charge < -0.3 is 25.2 Å². The van der Waals surface area contributed by atoms with Crippen molar-refractivity contribution >= 4 is 5.91 Å². The molecule has 0 aromatic heterocycles. The summed E-state index contributed by atoms with van der Waals surface area (Å²) < 4.78 is 10.1. The molecule has 1 aliphatic heterocycles. The highest BCUT2D eigenvalue weighted by atomic mass is 16.5. The SMILES string of the molecule is COCCNC(=O)C(C)NCC(O)CN1CCOCC1. The van der Waals surface area contributed by atoms with Gasteiger partial charge in [-0.15, -0.1) is 0 Å². The second-order valence-corrected chi connectivity index (χ2v) is 4.98. The largest absolute Gasteiger partial charge is 0.390 e. The van der Waals surface area contributed by atoms with Crippen LogP contribution in [0.25, 0.3) is 0 Å². The molecule has 1 aliphatic rings. The number of amides is 1. The van der Waals surface area contributed by atoms with E-state index in [-0.39, 0.29) is 11.9 Å². The molecule has 0 bridgehead atoms. The molecule has 0 aliphatic carbocycles. The highest BCUT2D eigenvalue weighted by Gasteiger charge is 2.17. The molecule has 1 fully saturated rings. The van der Waals surface area contributed by atoms with Gasteiger partial charge >= 0.3 is 0 Å². The predicted octanol–water partition coefficient (Wildman–Crippen LogP) is -1.58. The average Bonchev–Trinajstić information content (AvgIpc) is 2.46. The van der Waals surface area contributed by atoms with Crippen LogP contribution in [-0.2, 0) is 14.3 Å². The van der Waals surface area contributed by atoms with Crippen molar-refractivity contribution in [1.29, 1.82) is 0 Å². The molecule has 7 heteroatoms. The predicted molar refractivity (Wildman–Crippen MR) is 75.6 cm³/mol. The van der Waals surface area contributed by atoms with E-state index in [9.17, 15) is 9.90 Å². The lowest BCUT2D eigenvalue weighted by molar-refractivity contribution is -0.123. The Hall–Kier alpha value is -0.730. The van der Waals surface area contributed by atoms with Crippen LogP contribution in [0.3, 0.4) is 0 Å². The minimum atomic E-state index is -0.484. The van der Waals surface area contributed by atoms with Crippen LogP contribution >= 0.6 is 0 Å². The standard InChI is InChI=1S/C13H27N3O4/c1-11(13(18)14-3-6-19-2)15-9-12(17)10-16-4-7-20-8-5-16/h11-12,15,17H,3-10H2,1-2H3,(H,14,18). The van der Waals surface area contributed by atoms with Crippen LogP contribution < -0.4 is 10.6 Å². The molecule has 20 heavy (non-hydrogen) atoms. The maximum Gasteiger partial charge on any atom is 0.236 e. The summed E-state index contributed by atoms with van der Waals surface area (Å²) in [5.74, 6) is -0.0828. The number of hydrogen-bond donors (Lipinski definition) is 3. The van der Waals surface area contributed by atoms with E-state index in [1.807, 2.05) is 0 Å². The first kappa shape index (κ1) is 17.3. The van der Waals surface area contributed by atoms with Crippen molar-refractivity contribution in [3.05, 3.63) is 0 Å². The fraction of sp³-hybridized carbons (Fsp3) is 0.923. The normalized spacial score (nSPS) is 19.6. The first-order valence-electron chi connectivity index (χ1n) is 7.11. The fourth-order valence-corrected chi connectivity index (χ4v) is 1.98. The third-order valence-corrected chi connectivity index (χ3v) is 3.23. The van der Waals surface area contributed by atoms with E-state index in [1.165, 1.54) is 0 Å². The number of aliphatic hydroxyl groups excluding tert-OH is 1. The minimum Gasteiger partial charge on any atom is -0.390 e. The van der Waals surface area contributed by atoms with Crippen molar-refractivity contribution in [3.8, 4) is 0 Å². The lowest BCUT2D eigenvalue weighted by Gasteiger charge is -2.29. The second kappa shape index (κ2) is 10.1. The van der Waals surface area contributed by atoms with Gasteiger partial charge in [-0.25, -0.2) is 0 Å². The van der Waals surface area contributed by atoms with Crippen molar-refractivity contribution < 1.29 is 19.4 Å². The Morgan fingerprint density at radius 2 is 2.15 bits per heavy atom. The second-order valence-electron chi connectivity index (χ2n) is 4.98. The zero-order valence-corrected chi connectivity index (χ0v) is 12.4. The maximum atomic E-state index is 11.7. The van der Waals surface area contributed by atoms with E-state index in [0.29, 0.717) is 26.2 Å². The van der Waals surface area contributed by atoms with Gasteiger partial charge in [-0.1, -0.05) is 0 Å². The first-order chi connectivity index (χ1) is 9.63. The summed E-state index contributed by atoms with van der Waals surface area (Å²) in [5.41, 5.74) is 0. The first-order valence-corrected chi connectivity index (χ1v) is 7.11. The Bertz CT molecular complexity index is 272. The molecule has 118 valence electrons. The zero-order chi connectivity index (χ0) is 14.8. The van der Waals surface area contributed by atoms with Crippen LogP contribution in [0.5, 0.6) is 0 Å². The van der Waals surface area contributed by atoms with Gasteiger partial charge in [0, 0.05) is 39.8 Å². The number of β-amino-alcohol motifs (C(OH)–C–C–N with tert-alkyl or cyclic N) is 1. The molecule has 0 spiro atoms. The summed E-state index contributed by atoms with van der Waals surface area (Å²) in [6.07, 6.45) is -0.484. The highest BCUT2D eigenvalue weighted by molar-refractivity contribution is 5.81. The molecular formula is C13H27N3O4. The van der Waals surface area contributed by atoms with Gasteiger partial charge in [-0.2, -0.15) is 0 Å². The number of hydrogen-bond acceptors (Lipinski definition) is 6. The third kappa shape index (κ3) is 7.16. The number of ether oxygens (including phenoxy) is 2. The van der Waals surface area contributed by atoms with E-state index in [2.05, 4.69) is 15.5 Å². The minimum absolute atomic E-state index is 0.0828. The number of aliphatic hydroxyl groups is 1. The summed E-state index contributed by atoms with van der Waals surface area (Å²) in [5, 5.41) is 15.7. The van der Waals surface area contributed by atoms with Crippen molar-refractivity contribution in [3.63, 3.8) is 0 Å². The smallest absolute Gasteiger partial charge is 0.236 e. The Kier molecular flexibility index (Phi) is 8.72. The zero-order valence-electron chi connectivity index (χ0n) is 12.4. The summed E-state index contributed by atoms with van der Waals surface area (Å²) in [6.45, 7) is 6.93. The number of carbonyl (C=O) groups excluding carboxylic acids is 1. The van der Waals surface area contributed by atoms with E-state index < -0.39 is 6.10 Å². The monoisotopic (exact) mass is 289 g/mol. The van der Waals surface area contributed by atoms with Crippen molar-refractivity contribution in [2.24, 2.45) is 0 Å². The molecule has 0 aromatic carbocycles. The number of carbonyl (C=O) groups is 1. The molecule has 0 saturated carbocycles. The molecule has 2 atom stereocenters. The summed E-state index contributed by atoms with van der Waals surface area (Å²) in [7, 11) is 1.59. The van der Waals surface area contributed by atoms with Crippen LogP contribution in [0.2, 0.25) is 0 Å². The summed E-state index contributed by atoms with van der Waals surface area (Å²) in [4.78, 5) is 13.8. The Morgan fingerprint density at radius 3 is 2.80 bits per heavy atom. The summed E-state index contributed by atoms with van der Waals surface area (Å²) >= 11 is 0. The quantitative estimate of drug-likeness (QED) is 0.444. The lowest BCUT2D eigenvalue weighted by atomic mass is 10.2. The van der Waals surface area contributed by atoms with Gasteiger partial charge in [0.15, 0.2) is 0 Å². The van der Waals surface area contributed by atoms with Gasteiger partial charge in [0.2, 0.25) is 5.91 Å². The molecule has 1 amide bonds. The van der Waals surface area contributed by atoms with Crippen LogP contribution in [0.15, 0.2) is 0 Å². The Morgan fingerprint density at radius 1 is 1.45 bits per heavy atom. The maximum absolute atomic E-state index is 11.7. The molecule has 0 radical (unpaired) electrons. The van der Waals surface area contributed by atoms with Gasteiger partial charge in [0.1, 0.15) is 0 Å². The molecule has 0 aromatic rings. The Labute approximate surface area is 120 Å². The van der Waals surface area contributed by atoms with Gasteiger partial charge in [0.25, 0.3) is 0 Å². The average molecular weight is 289 g/mol. The van der Waals surface area contributed by atoms with Gasteiger partial charge in [0.05, 0.1) is 32.0 Å². The Balaban J connectivity index is 2.12. The van der Waals surface area contributed by atoms with Crippen molar-refractivity contribution in [2.45, 2.75) is 19.1 Å². The fourth-order valence-electron chi connectivity index (χ4n) is 1.98.